The van der Waals surface area contributed by atoms with Gasteiger partial charge < -0.3 is 0 Å². The third-order valence-corrected chi connectivity index (χ3v) is 3.68. The van der Waals surface area contributed by atoms with E-state index in [1.54, 1.807) is 12.1 Å². The summed E-state index contributed by atoms with van der Waals surface area (Å²) in [5.41, 5.74) is 0.447. The third kappa shape index (κ3) is 5.25. The van der Waals surface area contributed by atoms with Crippen molar-refractivity contribution in [1.29, 1.82) is 0 Å². The van der Waals surface area contributed by atoms with Crippen LogP contribution in [0, 0.1) is 5.92 Å². The number of halogens is 2. The van der Waals surface area contributed by atoms with E-state index in [-0.39, 0.29) is 18.3 Å². The molecule has 3 nitrogen and oxygen atoms in total. The maximum atomic E-state index is 11.6. The van der Waals surface area contributed by atoms with E-state index in [1.807, 2.05) is 13.8 Å². The van der Waals surface area contributed by atoms with Crippen molar-refractivity contribution in [2.45, 2.75) is 19.6 Å². The van der Waals surface area contributed by atoms with E-state index in [0.717, 1.165) is 0 Å². The van der Waals surface area contributed by atoms with E-state index in [1.165, 1.54) is 6.07 Å². The minimum absolute atomic E-state index is 0.152. The predicted octanol–water partition coefficient (Wildman–Crippen LogP) is 3.50. The number of hydrogen-bond acceptors (Lipinski definition) is 3. The van der Waals surface area contributed by atoms with Gasteiger partial charge in [-0.2, -0.15) is 8.42 Å². The molecule has 1 rings (SSSR count). The van der Waals surface area contributed by atoms with Gasteiger partial charge in [-0.25, -0.2) is 0 Å². The van der Waals surface area contributed by atoms with Crippen LogP contribution in [0.1, 0.15) is 19.4 Å². The van der Waals surface area contributed by atoms with Crippen molar-refractivity contribution >= 4 is 33.3 Å². The molecule has 6 heteroatoms. The quantitative estimate of drug-likeness (QED) is 0.781. The van der Waals surface area contributed by atoms with E-state index in [0.29, 0.717) is 15.6 Å². The highest BCUT2D eigenvalue weighted by Crippen LogP contribution is 2.23. The Bertz CT molecular complexity index is 483. The smallest absolute Gasteiger partial charge is 0.270 e. The van der Waals surface area contributed by atoms with Crippen LogP contribution in [-0.4, -0.2) is 15.0 Å². The highest BCUT2D eigenvalue weighted by molar-refractivity contribution is 7.85. The fourth-order valence-electron chi connectivity index (χ4n) is 1.13. The van der Waals surface area contributed by atoms with Crippen molar-refractivity contribution in [3.8, 4) is 0 Å². The van der Waals surface area contributed by atoms with Gasteiger partial charge in [0.25, 0.3) is 10.1 Å². The fraction of sp³-hybridized carbons (Fsp3) is 0.455. The maximum Gasteiger partial charge on any atom is 0.271 e. The van der Waals surface area contributed by atoms with E-state index in [9.17, 15) is 8.42 Å². The summed E-state index contributed by atoms with van der Waals surface area (Å²) in [7, 11) is -3.61. The van der Waals surface area contributed by atoms with Crippen molar-refractivity contribution in [3.05, 3.63) is 33.8 Å². The Morgan fingerprint density at radius 2 is 1.94 bits per heavy atom. The second-order valence-electron chi connectivity index (χ2n) is 4.12. The minimum atomic E-state index is -3.61. The molecule has 0 spiro atoms. The molecule has 0 unspecified atom stereocenters. The molecule has 0 fully saturated rings. The monoisotopic (exact) mass is 296 g/mol. The van der Waals surface area contributed by atoms with Crippen LogP contribution in [0.5, 0.6) is 0 Å². The van der Waals surface area contributed by atoms with Crippen LogP contribution in [-0.2, 0) is 20.1 Å². The first-order chi connectivity index (χ1) is 7.80. The van der Waals surface area contributed by atoms with Gasteiger partial charge in [-0.15, -0.1) is 0 Å². The Balaban J connectivity index is 2.79. The Hall–Kier alpha value is -0.290. The Morgan fingerprint density at radius 1 is 1.29 bits per heavy atom. The molecule has 0 aliphatic carbocycles. The molecule has 0 aromatic heterocycles. The zero-order valence-electron chi connectivity index (χ0n) is 9.61. The Morgan fingerprint density at radius 3 is 2.53 bits per heavy atom. The number of rotatable bonds is 5. The molecular weight excluding hydrogens is 283 g/mol. The van der Waals surface area contributed by atoms with Gasteiger partial charge in [-0.1, -0.05) is 37.0 Å². The number of hydrogen-bond donors (Lipinski definition) is 0. The van der Waals surface area contributed by atoms with Gasteiger partial charge in [-0.3, -0.25) is 4.18 Å². The van der Waals surface area contributed by atoms with Crippen molar-refractivity contribution in [2.75, 3.05) is 6.61 Å². The van der Waals surface area contributed by atoms with Gasteiger partial charge in [0.15, 0.2) is 0 Å². The van der Waals surface area contributed by atoms with Gasteiger partial charge >= 0.3 is 0 Å². The highest BCUT2D eigenvalue weighted by Gasteiger charge is 2.15. The zero-order valence-corrected chi connectivity index (χ0v) is 11.9. The van der Waals surface area contributed by atoms with Gasteiger partial charge in [0.2, 0.25) is 0 Å². The lowest BCUT2D eigenvalue weighted by Crippen LogP contribution is -2.13. The molecule has 0 amide bonds. The molecule has 1 aromatic carbocycles. The summed E-state index contributed by atoms with van der Waals surface area (Å²) < 4.78 is 28.1. The second-order valence-corrected chi connectivity index (χ2v) is 6.60. The standard InChI is InChI=1S/C11H14Cl2O3S/c1-8(2)6-16-17(14,15)7-9-5-10(12)3-4-11(9)13/h3-5,8H,6-7H2,1-2H3. The highest BCUT2D eigenvalue weighted by atomic mass is 35.5. The summed E-state index contributed by atoms with van der Waals surface area (Å²) in [4.78, 5) is 0. The lowest BCUT2D eigenvalue weighted by Gasteiger charge is -2.09. The van der Waals surface area contributed by atoms with E-state index in [2.05, 4.69) is 0 Å². The minimum Gasteiger partial charge on any atom is -0.270 e. The van der Waals surface area contributed by atoms with Crippen LogP contribution < -0.4 is 0 Å². The normalized spacial score (nSPS) is 12.1. The summed E-state index contributed by atoms with van der Waals surface area (Å²) in [5, 5.41) is 0.814. The fourth-order valence-corrected chi connectivity index (χ4v) is 2.77. The molecule has 0 aliphatic heterocycles. The van der Waals surface area contributed by atoms with Crippen LogP contribution in [0.4, 0.5) is 0 Å². The van der Waals surface area contributed by atoms with E-state index >= 15 is 0 Å². The molecule has 0 bridgehead atoms. The first-order valence-corrected chi connectivity index (χ1v) is 7.44. The first kappa shape index (κ1) is 14.8. The van der Waals surface area contributed by atoms with Gasteiger partial charge in [-0.05, 0) is 29.7 Å². The average molecular weight is 297 g/mol. The molecule has 0 aliphatic rings. The Kier molecular flexibility index (Phi) is 5.25. The van der Waals surface area contributed by atoms with Crippen molar-refractivity contribution in [1.82, 2.24) is 0 Å². The maximum absolute atomic E-state index is 11.6. The largest absolute Gasteiger partial charge is 0.271 e. The van der Waals surface area contributed by atoms with Crippen LogP contribution in [0.2, 0.25) is 10.0 Å². The van der Waals surface area contributed by atoms with Crippen molar-refractivity contribution in [3.63, 3.8) is 0 Å². The first-order valence-electron chi connectivity index (χ1n) is 5.11. The molecule has 0 atom stereocenters. The van der Waals surface area contributed by atoms with Crippen molar-refractivity contribution < 1.29 is 12.6 Å². The summed E-state index contributed by atoms with van der Waals surface area (Å²) >= 11 is 11.7. The molecule has 1 aromatic rings. The molecule has 0 radical (unpaired) electrons. The number of benzene rings is 1. The SMILES string of the molecule is CC(C)COS(=O)(=O)Cc1cc(Cl)ccc1Cl. The van der Waals surface area contributed by atoms with Crippen LogP contribution in [0.25, 0.3) is 0 Å². The second kappa shape index (κ2) is 6.05. The summed E-state index contributed by atoms with van der Waals surface area (Å²) in [6, 6.07) is 4.70. The van der Waals surface area contributed by atoms with E-state index in [4.69, 9.17) is 27.4 Å². The Labute approximate surface area is 112 Å². The predicted molar refractivity (Wildman–Crippen MR) is 69.9 cm³/mol. The molecular formula is C11H14Cl2O3S. The van der Waals surface area contributed by atoms with Gasteiger partial charge in [0.05, 0.1) is 6.61 Å². The third-order valence-electron chi connectivity index (χ3n) is 1.92. The summed E-state index contributed by atoms with van der Waals surface area (Å²) in [6.45, 7) is 3.92. The summed E-state index contributed by atoms with van der Waals surface area (Å²) in [5.74, 6) is -0.112. The molecule has 96 valence electrons. The van der Waals surface area contributed by atoms with Gasteiger partial charge in [0, 0.05) is 10.0 Å². The van der Waals surface area contributed by atoms with Crippen LogP contribution >= 0.6 is 23.2 Å². The van der Waals surface area contributed by atoms with E-state index < -0.39 is 10.1 Å². The lowest BCUT2D eigenvalue weighted by molar-refractivity contribution is 0.274. The molecule has 0 saturated carbocycles. The van der Waals surface area contributed by atoms with Crippen molar-refractivity contribution in [2.24, 2.45) is 5.92 Å². The molecule has 17 heavy (non-hydrogen) atoms. The zero-order chi connectivity index (χ0) is 13.1. The average Bonchev–Trinajstić information content (AvgIpc) is 2.20. The topological polar surface area (TPSA) is 43.4 Å². The van der Waals surface area contributed by atoms with Gasteiger partial charge in [0.1, 0.15) is 5.75 Å². The molecule has 0 heterocycles. The summed E-state index contributed by atoms with van der Waals surface area (Å²) in [6.07, 6.45) is 0. The van der Waals surface area contributed by atoms with Crippen LogP contribution in [0.3, 0.4) is 0 Å². The lowest BCUT2D eigenvalue weighted by atomic mass is 10.2. The molecule has 0 N–H and O–H groups in total. The molecule has 0 saturated heterocycles. The van der Waals surface area contributed by atoms with Crippen LogP contribution in [0.15, 0.2) is 18.2 Å².